The van der Waals surface area contributed by atoms with E-state index in [4.69, 9.17) is 9.47 Å². The van der Waals surface area contributed by atoms with Gasteiger partial charge in [0.05, 0.1) is 10.8 Å². The highest BCUT2D eigenvalue weighted by molar-refractivity contribution is 8.76. The molecule has 0 aliphatic heterocycles. The Labute approximate surface area is 207 Å². The number of rotatable bonds is 8. The van der Waals surface area contributed by atoms with Crippen LogP contribution in [0.5, 0.6) is 5.75 Å². The Hall–Kier alpha value is -2.90. The van der Waals surface area contributed by atoms with Crippen molar-refractivity contribution in [2.45, 2.75) is 30.2 Å². The number of benzene rings is 3. The van der Waals surface area contributed by atoms with Crippen molar-refractivity contribution in [3.63, 3.8) is 0 Å². The summed E-state index contributed by atoms with van der Waals surface area (Å²) < 4.78 is 11.2. The van der Waals surface area contributed by atoms with Crippen LogP contribution in [0.2, 0.25) is 0 Å². The van der Waals surface area contributed by atoms with Crippen LogP contribution in [0, 0.1) is 5.92 Å². The largest absolute Gasteiger partial charge is 0.449 e. The first-order valence-electron chi connectivity index (χ1n) is 11.4. The van der Waals surface area contributed by atoms with E-state index in [-0.39, 0.29) is 30.5 Å². The Morgan fingerprint density at radius 2 is 1.59 bits per heavy atom. The number of hydrogen-bond donors (Lipinski definition) is 1. The smallest absolute Gasteiger partial charge is 0.407 e. The van der Waals surface area contributed by atoms with E-state index in [0.29, 0.717) is 12.2 Å². The SMILES string of the molecule is CCSSc1ccccc1OC(=O)C1CC1NC(=O)OCC1c2ccccc2-c2ccccc21. The van der Waals surface area contributed by atoms with Gasteiger partial charge in [-0.05, 0) is 40.8 Å². The van der Waals surface area contributed by atoms with Gasteiger partial charge in [0, 0.05) is 17.7 Å². The van der Waals surface area contributed by atoms with Gasteiger partial charge in [0.25, 0.3) is 0 Å². The zero-order chi connectivity index (χ0) is 23.5. The second kappa shape index (κ2) is 10.2. The molecule has 5 nitrogen and oxygen atoms in total. The average molecular weight is 492 g/mol. The van der Waals surface area contributed by atoms with Gasteiger partial charge in [0.15, 0.2) is 0 Å². The summed E-state index contributed by atoms with van der Waals surface area (Å²) in [6.45, 7) is 2.33. The molecule has 174 valence electrons. The lowest BCUT2D eigenvalue weighted by Gasteiger charge is -2.14. The van der Waals surface area contributed by atoms with Crippen molar-refractivity contribution in [3.05, 3.63) is 83.9 Å². The van der Waals surface area contributed by atoms with E-state index in [1.54, 1.807) is 27.7 Å². The van der Waals surface area contributed by atoms with Gasteiger partial charge in [0.1, 0.15) is 12.4 Å². The molecule has 2 aliphatic rings. The molecule has 0 bridgehead atoms. The maximum absolute atomic E-state index is 12.6. The van der Waals surface area contributed by atoms with Crippen LogP contribution in [0.4, 0.5) is 4.79 Å². The maximum Gasteiger partial charge on any atom is 0.407 e. The number of ether oxygens (including phenoxy) is 2. The highest BCUT2D eigenvalue weighted by Crippen LogP contribution is 2.44. The number of carbonyl (C=O) groups excluding carboxylic acids is 2. The monoisotopic (exact) mass is 491 g/mol. The van der Waals surface area contributed by atoms with Crippen molar-refractivity contribution in [3.8, 4) is 16.9 Å². The summed E-state index contributed by atoms with van der Waals surface area (Å²) in [5, 5.41) is 2.82. The molecule has 2 atom stereocenters. The number of hydrogen-bond acceptors (Lipinski definition) is 6. The second-order valence-corrected chi connectivity index (χ2v) is 10.9. The van der Waals surface area contributed by atoms with Crippen LogP contribution >= 0.6 is 21.6 Å². The Kier molecular flexibility index (Phi) is 6.83. The van der Waals surface area contributed by atoms with Gasteiger partial charge >= 0.3 is 12.1 Å². The number of carbonyl (C=O) groups is 2. The summed E-state index contributed by atoms with van der Waals surface area (Å²) in [5.74, 6) is 0.857. The third kappa shape index (κ3) is 4.81. The van der Waals surface area contributed by atoms with E-state index >= 15 is 0 Å². The molecule has 0 radical (unpaired) electrons. The molecule has 1 amide bonds. The quantitative estimate of drug-likeness (QED) is 0.227. The lowest BCUT2D eigenvalue weighted by Crippen LogP contribution is -2.30. The number of nitrogens with one attached hydrogen (secondary N) is 1. The van der Waals surface area contributed by atoms with Crippen LogP contribution < -0.4 is 10.1 Å². The second-order valence-electron chi connectivity index (χ2n) is 8.28. The van der Waals surface area contributed by atoms with Gasteiger partial charge in [0.2, 0.25) is 0 Å². The third-order valence-corrected chi connectivity index (χ3v) is 8.54. The van der Waals surface area contributed by atoms with E-state index in [1.165, 1.54) is 22.3 Å². The first kappa shape index (κ1) is 22.9. The fraction of sp³-hybridized carbons (Fsp3) is 0.259. The van der Waals surface area contributed by atoms with Crippen LogP contribution in [-0.4, -0.2) is 30.5 Å². The Morgan fingerprint density at radius 1 is 0.941 bits per heavy atom. The molecule has 3 aromatic carbocycles. The summed E-state index contributed by atoms with van der Waals surface area (Å²) >= 11 is 0. The highest BCUT2D eigenvalue weighted by atomic mass is 33.1. The minimum absolute atomic E-state index is 0.00751. The molecule has 2 unspecified atom stereocenters. The molecule has 34 heavy (non-hydrogen) atoms. The summed E-state index contributed by atoms with van der Waals surface area (Å²) in [6, 6.07) is 23.7. The number of esters is 1. The molecule has 2 aliphatic carbocycles. The number of amides is 1. The van der Waals surface area contributed by atoms with Crippen molar-refractivity contribution in [2.24, 2.45) is 5.92 Å². The van der Waals surface area contributed by atoms with Gasteiger partial charge in [-0.15, -0.1) is 0 Å². The lowest BCUT2D eigenvalue weighted by molar-refractivity contribution is -0.136. The van der Waals surface area contributed by atoms with Crippen LogP contribution in [0.3, 0.4) is 0 Å². The minimum atomic E-state index is -0.502. The number of alkyl carbamates (subject to hydrolysis) is 1. The standard InChI is InChI=1S/C27H25NO4S2/c1-2-33-34-25-14-8-7-13-24(25)32-26(29)21-15-23(21)28-27(30)31-16-22-19-11-5-3-9-17(19)18-10-4-6-12-20(18)22/h3-14,21-23H,2,15-16H2,1H3,(H,28,30). The molecule has 1 fully saturated rings. The molecule has 3 aromatic rings. The maximum atomic E-state index is 12.6. The molecule has 1 N–H and O–H groups in total. The van der Waals surface area contributed by atoms with E-state index in [9.17, 15) is 9.59 Å². The molecule has 0 spiro atoms. The van der Waals surface area contributed by atoms with Gasteiger partial charge in [-0.2, -0.15) is 0 Å². The molecular formula is C27H25NO4S2. The van der Waals surface area contributed by atoms with E-state index < -0.39 is 6.09 Å². The molecule has 1 saturated carbocycles. The van der Waals surface area contributed by atoms with Crippen molar-refractivity contribution in [2.75, 3.05) is 12.4 Å². The Morgan fingerprint density at radius 3 is 2.29 bits per heavy atom. The van der Waals surface area contributed by atoms with Crippen molar-refractivity contribution in [1.82, 2.24) is 5.32 Å². The van der Waals surface area contributed by atoms with Gasteiger partial charge in [-0.25, -0.2) is 4.79 Å². The number of para-hydroxylation sites is 1. The predicted octanol–water partition coefficient (Wildman–Crippen LogP) is 6.28. The Bertz CT molecular complexity index is 1170. The predicted molar refractivity (Wildman–Crippen MR) is 136 cm³/mol. The van der Waals surface area contributed by atoms with E-state index in [1.807, 2.05) is 42.5 Å². The molecular weight excluding hydrogens is 466 g/mol. The zero-order valence-corrected chi connectivity index (χ0v) is 20.4. The molecule has 5 rings (SSSR count). The number of fused-ring (bicyclic) bond motifs is 3. The molecule has 7 heteroatoms. The van der Waals surface area contributed by atoms with Crippen molar-refractivity contribution >= 4 is 33.7 Å². The first-order valence-corrected chi connectivity index (χ1v) is 13.7. The van der Waals surface area contributed by atoms with Gasteiger partial charge < -0.3 is 14.8 Å². The summed E-state index contributed by atoms with van der Waals surface area (Å²) in [7, 11) is 3.29. The summed E-state index contributed by atoms with van der Waals surface area (Å²) in [5.41, 5.74) is 4.71. The van der Waals surface area contributed by atoms with Crippen LogP contribution in [0.15, 0.2) is 77.7 Å². The molecule has 0 aromatic heterocycles. The Balaban J connectivity index is 1.14. The van der Waals surface area contributed by atoms with Gasteiger partial charge in [-0.1, -0.05) is 89.2 Å². The minimum Gasteiger partial charge on any atom is -0.449 e. The molecule has 0 heterocycles. The normalized spacial score (nSPS) is 18.0. The topological polar surface area (TPSA) is 64.6 Å². The fourth-order valence-electron chi connectivity index (χ4n) is 4.32. The van der Waals surface area contributed by atoms with Crippen LogP contribution in [0.1, 0.15) is 30.4 Å². The summed E-state index contributed by atoms with van der Waals surface area (Å²) in [4.78, 5) is 26.0. The lowest BCUT2D eigenvalue weighted by atomic mass is 9.98. The third-order valence-electron chi connectivity index (χ3n) is 6.07. The van der Waals surface area contributed by atoms with Crippen molar-refractivity contribution in [1.29, 1.82) is 0 Å². The molecule has 0 saturated heterocycles. The van der Waals surface area contributed by atoms with Crippen LogP contribution in [-0.2, 0) is 9.53 Å². The van der Waals surface area contributed by atoms with E-state index in [2.05, 4.69) is 36.5 Å². The zero-order valence-electron chi connectivity index (χ0n) is 18.7. The van der Waals surface area contributed by atoms with E-state index in [0.717, 1.165) is 10.6 Å². The van der Waals surface area contributed by atoms with Gasteiger partial charge in [-0.3, -0.25) is 4.79 Å². The summed E-state index contributed by atoms with van der Waals surface area (Å²) in [6.07, 6.45) is 0.0552. The van der Waals surface area contributed by atoms with Crippen molar-refractivity contribution < 1.29 is 19.1 Å². The first-order chi connectivity index (χ1) is 16.7. The highest BCUT2D eigenvalue weighted by Gasteiger charge is 2.46. The van der Waals surface area contributed by atoms with Crippen LogP contribution in [0.25, 0.3) is 11.1 Å². The fourth-order valence-corrected chi connectivity index (χ4v) is 6.03. The average Bonchev–Trinajstić information content (AvgIpc) is 3.56.